The third-order valence-electron chi connectivity index (χ3n) is 3.67. The van der Waals surface area contributed by atoms with Gasteiger partial charge < -0.3 is 9.64 Å². The van der Waals surface area contributed by atoms with Crippen molar-refractivity contribution in [1.29, 1.82) is 0 Å². The molecule has 2 fully saturated rings. The number of nitrogens with one attached hydrogen (secondary N) is 1. The van der Waals surface area contributed by atoms with E-state index in [0.717, 1.165) is 38.5 Å². The number of ether oxygens (including phenoxy) is 1. The lowest BCUT2D eigenvalue weighted by molar-refractivity contribution is -0.142. The van der Waals surface area contributed by atoms with Crippen molar-refractivity contribution < 1.29 is 17.9 Å². The van der Waals surface area contributed by atoms with E-state index < -0.39 is 10.0 Å². The second-order valence-corrected chi connectivity index (χ2v) is 7.25. The summed E-state index contributed by atoms with van der Waals surface area (Å²) in [5.74, 6) is 0.274. The van der Waals surface area contributed by atoms with E-state index >= 15 is 0 Å². The van der Waals surface area contributed by atoms with E-state index in [1.54, 1.807) is 0 Å². The molecule has 0 unspecified atom stereocenters. The maximum absolute atomic E-state index is 12.2. The number of piperidine rings is 1. The second kappa shape index (κ2) is 6.19. The van der Waals surface area contributed by atoms with Crippen molar-refractivity contribution >= 4 is 15.9 Å². The van der Waals surface area contributed by atoms with Crippen molar-refractivity contribution in [2.45, 2.75) is 31.8 Å². The fourth-order valence-electron chi connectivity index (χ4n) is 2.68. The van der Waals surface area contributed by atoms with E-state index in [4.69, 9.17) is 4.74 Å². The first-order valence-electron chi connectivity index (χ1n) is 6.81. The molecule has 0 aromatic carbocycles. The van der Waals surface area contributed by atoms with Crippen molar-refractivity contribution in [3.8, 4) is 0 Å². The van der Waals surface area contributed by atoms with Gasteiger partial charge in [-0.2, -0.15) is 0 Å². The highest BCUT2D eigenvalue weighted by Crippen LogP contribution is 2.20. The van der Waals surface area contributed by atoms with E-state index in [1.165, 1.54) is 0 Å². The molecule has 0 aromatic heterocycles. The Hall–Kier alpha value is -0.660. The van der Waals surface area contributed by atoms with Gasteiger partial charge in [-0.1, -0.05) is 0 Å². The number of rotatable bonds is 4. The predicted molar refractivity (Wildman–Crippen MR) is 71.1 cm³/mol. The fourth-order valence-corrected chi connectivity index (χ4v) is 3.22. The molecule has 2 aliphatic rings. The van der Waals surface area contributed by atoms with Gasteiger partial charge in [0.2, 0.25) is 10.0 Å². The monoisotopic (exact) mass is 290 g/mol. The van der Waals surface area contributed by atoms with E-state index in [-0.39, 0.29) is 17.9 Å². The number of likely N-dealkylation sites (tertiary alicyclic amines) is 1. The molecule has 1 amide bonds. The van der Waals surface area contributed by atoms with Gasteiger partial charge in [-0.05, 0) is 31.6 Å². The first-order valence-corrected chi connectivity index (χ1v) is 8.70. The molecule has 0 saturated carbocycles. The number of carbonyl (C=O) groups excluding carboxylic acids is 1. The minimum atomic E-state index is -3.16. The van der Waals surface area contributed by atoms with Crippen molar-refractivity contribution in [3.63, 3.8) is 0 Å². The highest BCUT2D eigenvalue weighted by atomic mass is 32.2. The lowest BCUT2D eigenvalue weighted by atomic mass is 9.98. The Balaban J connectivity index is 1.84. The number of hydrogen-bond donors (Lipinski definition) is 1. The van der Waals surface area contributed by atoms with E-state index in [9.17, 15) is 13.2 Å². The molecular formula is C12H22N2O4S. The Morgan fingerprint density at radius 1 is 1.37 bits per heavy atom. The van der Waals surface area contributed by atoms with Crippen molar-refractivity contribution in [2.75, 3.05) is 32.5 Å². The highest BCUT2D eigenvalue weighted by Gasteiger charge is 2.31. The Morgan fingerprint density at radius 2 is 2.16 bits per heavy atom. The maximum Gasteiger partial charge on any atom is 0.251 e. The van der Waals surface area contributed by atoms with Crippen LogP contribution in [0.1, 0.15) is 25.7 Å². The van der Waals surface area contributed by atoms with Crippen molar-refractivity contribution in [1.82, 2.24) is 9.62 Å². The van der Waals surface area contributed by atoms with Gasteiger partial charge in [0, 0.05) is 26.2 Å². The van der Waals surface area contributed by atoms with Crippen LogP contribution in [0.25, 0.3) is 0 Å². The summed E-state index contributed by atoms with van der Waals surface area (Å²) < 4.78 is 30.1. The van der Waals surface area contributed by atoms with Gasteiger partial charge in [-0.25, -0.2) is 13.1 Å². The van der Waals surface area contributed by atoms with Gasteiger partial charge in [0.1, 0.15) is 6.10 Å². The number of hydrogen-bond acceptors (Lipinski definition) is 4. The number of carbonyl (C=O) groups is 1. The van der Waals surface area contributed by atoms with Gasteiger partial charge in [0.15, 0.2) is 0 Å². The smallest absolute Gasteiger partial charge is 0.251 e. The van der Waals surface area contributed by atoms with Crippen LogP contribution >= 0.6 is 0 Å². The first-order chi connectivity index (χ1) is 8.96. The quantitative estimate of drug-likeness (QED) is 0.788. The molecule has 0 aliphatic carbocycles. The first kappa shape index (κ1) is 14.7. The number of nitrogens with zero attached hydrogens (tertiary/aromatic N) is 1. The second-order valence-electron chi connectivity index (χ2n) is 5.41. The third-order valence-corrected chi connectivity index (χ3v) is 4.36. The Bertz CT molecular complexity index is 417. The minimum Gasteiger partial charge on any atom is -0.368 e. The van der Waals surface area contributed by atoms with Crippen LogP contribution in [0.15, 0.2) is 0 Å². The highest BCUT2D eigenvalue weighted by molar-refractivity contribution is 7.88. The molecule has 6 nitrogen and oxygen atoms in total. The zero-order valence-corrected chi connectivity index (χ0v) is 12.1. The number of sulfonamides is 1. The average molecular weight is 290 g/mol. The zero-order chi connectivity index (χ0) is 13.9. The van der Waals surface area contributed by atoms with Gasteiger partial charge >= 0.3 is 0 Å². The lowest BCUT2D eigenvalue weighted by Gasteiger charge is -2.34. The van der Waals surface area contributed by atoms with Crippen LogP contribution in [0, 0.1) is 5.92 Å². The molecule has 2 aliphatic heterocycles. The zero-order valence-electron chi connectivity index (χ0n) is 11.3. The van der Waals surface area contributed by atoms with Crippen LogP contribution in [-0.2, 0) is 19.6 Å². The molecule has 2 atom stereocenters. The molecule has 2 heterocycles. The van der Waals surface area contributed by atoms with Crippen LogP contribution in [0.4, 0.5) is 0 Å². The summed E-state index contributed by atoms with van der Waals surface area (Å²) in [6.07, 6.45) is 4.52. The topological polar surface area (TPSA) is 75.7 Å². The summed E-state index contributed by atoms with van der Waals surface area (Å²) in [4.78, 5) is 14.0. The van der Waals surface area contributed by atoms with Gasteiger partial charge in [-0.3, -0.25) is 4.79 Å². The van der Waals surface area contributed by atoms with Crippen LogP contribution in [0.5, 0.6) is 0 Å². The molecule has 0 spiro atoms. The molecule has 0 aromatic rings. The van der Waals surface area contributed by atoms with Crippen LogP contribution in [0.2, 0.25) is 0 Å². The average Bonchev–Trinajstić information content (AvgIpc) is 2.89. The molecule has 7 heteroatoms. The lowest BCUT2D eigenvalue weighted by Crippen LogP contribution is -2.47. The summed E-state index contributed by atoms with van der Waals surface area (Å²) in [7, 11) is -3.16. The summed E-state index contributed by atoms with van der Waals surface area (Å²) in [5, 5.41) is 0. The molecular weight excluding hydrogens is 268 g/mol. The summed E-state index contributed by atoms with van der Waals surface area (Å²) in [6.45, 7) is 2.47. The summed E-state index contributed by atoms with van der Waals surface area (Å²) in [6, 6.07) is 0. The Kier molecular flexibility index (Phi) is 4.81. The molecule has 19 heavy (non-hydrogen) atoms. The third kappa shape index (κ3) is 4.43. The maximum atomic E-state index is 12.2. The van der Waals surface area contributed by atoms with E-state index in [0.29, 0.717) is 19.7 Å². The normalized spacial score (nSPS) is 28.6. The van der Waals surface area contributed by atoms with Crippen LogP contribution < -0.4 is 4.72 Å². The molecule has 110 valence electrons. The molecule has 0 radical (unpaired) electrons. The van der Waals surface area contributed by atoms with Crippen molar-refractivity contribution in [3.05, 3.63) is 0 Å². The Labute approximate surface area is 114 Å². The van der Waals surface area contributed by atoms with Crippen molar-refractivity contribution in [2.24, 2.45) is 5.92 Å². The molecule has 0 bridgehead atoms. The van der Waals surface area contributed by atoms with E-state index in [2.05, 4.69) is 4.72 Å². The largest absolute Gasteiger partial charge is 0.368 e. The number of amides is 1. The Morgan fingerprint density at radius 3 is 2.79 bits per heavy atom. The fraction of sp³-hybridized carbons (Fsp3) is 0.917. The summed E-state index contributed by atoms with van der Waals surface area (Å²) >= 11 is 0. The van der Waals surface area contributed by atoms with Gasteiger partial charge in [0.05, 0.1) is 6.26 Å². The standard InChI is InChI=1S/C12H22N2O4S/c1-19(16,17)13-8-10-4-2-6-14(9-10)12(15)11-5-3-7-18-11/h10-11,13H,2-9H2,1H3/t10-,11+/m0/s1. The van der Waals surface area contributed by atoms with Gasteiger partial charge in [-0.15, -0.1) is 0 Å². The summed E-state index contributed by atoms with van der Waals surface area (Å²) in [5.41, 5.74) is 0. The minimum absolute atomic E-state index is 0.0709. The molecule has 2 saturated heterocycles. The molecule has 1 N–H and O–H groups in total. The van der Waals surface area contributed by atoms with Crippen LogP contribution in [-0.4, -0.2) is 57.8 Å². The van der Waals surface area contributed by atoms with Gasteiger partial charge in [0.25, 0.3) is 5.91 Å². The predicted octanol–water partition coefficient (Wildman–Crippen LogP) is -0.0468. The molecule has 2 rings (SSSR count). The van der Waals surface area contributed by atoms with E-state index in [1.807, 2.05) is 4.90 Å². The SMILES string of the molecule is CS(=O)(=O)NC[C@@H]1CCCN(C(=O)[C@H]2CCCO2)C1. The van der Waals surface area contributed by atoms with Crippen LogP contribution in [0.3, 0.4) is 0 Å².